The van der Waals surface area contributed by atoms with Gasteiger partial charge in [-0.1, -0.05) is 25.5 Å². The van der Waals surface area contributed by atoms with Crippen molar-refractivity contribution in [3.05, 3.63) is 54.6 Å². The molecule has 0 aliphatic rings. The van der Waals surface area contributed by atoms with E-state index in [4.69, 9.17) is 17.0 Å². The van der Waals surface area contributed by atoms with Crippen LogP contribution in [0, 0.1) is 0 Å². The summed E-state index contributed by atoms with van der Waals surface area (Å²) >= 11 is 5.27. The second-order valence-corrected chi connectivity index (χ2v) is 10.3. The summed E-state index contributed by atoms with van der Waals surface area (Å²) in [6.07, 6.45) is 1.98. The van der Waals surface area contributed by atoms with Gasteiger partial charge in [0.25, 0.3) is 20.2 Å². The maximum atomic E-state index is 11.9. The summed E-state index contributed by atoms with van der Waals surface area (Å²) in [7, 11) is -9.38. The molecule has 0 aliphatic carbocycles. The molecule has 176 valence electrons. The first-order chi connectivity index (χ1) is 15.5. The van der Waals surface area contributed by atoms with E-state index in [1.165, 1.54) is 18.2 Å². The Labute approximate surface area is 197 Å². The number of anilines is 2. The third-order valence-electron chi connectivity index (χ3n) is 4.61. The van der Waals surface area contributed by atoms with Crippen LogP contribution in [-0.2, 0) is 20.2 Å². The van der Waals surface area contributed by atoms with Crippen LogP contribution in [0.25, 0.3) is 10.8 Å². The van der Waals surface area contributed by atoms with Crippen LogP contribution in [0.3, 0.4) is 0 Å². The van der Waals surface area contributed by atoms with Crippen LogP contribution < -0.4 is 15.4 Å². The van der Waals surface area contributed by atoms with Gasteiger partial charge in [-0.2, -0.15) is 16.8 Å². The summed E-state index contributed by atoms with van der Waals surface area (Å²) in [4.78, 5) is -1.05. The molecule has 3 aromatic rings. The number of thiocarbonyl (C=S) groups is 1. The molecule has 0 atom stereocenters. The van der Waals surface area contributed by atoms with Crippen LogP contribution in [-0.4, -0.2) is 37.7 Å². The zero-order valence-corrected chi connectivity index (χ0v) is 19.9. The Bertz CT molecular complexity index is 1390. The number of hydrogen-bond acceptors (Lipinski definition) is 6. The standard InChI is InChI=1S/C21H22N2O7S3/c1-2-3-11-30-16-9-7-14(8-10-16)22-21(31)23-15-12-18-17(20(13-15)33(27,28)29)5-4-6-19(18)32(24,25)26/h4-10,12-13H,2-3,11H2,1H3,(H2,22,23,31)(H,24,25,26)(H,27,28,29). The van der Waals surface area contributed by atoms with Crippen molar-refractivity contribution in [3.8, 4) is 5.75 Å². The van der Waals surface area contributed by atoms with Crippen LogP contribution in [0.1, 0.15) is 19.8 Å². The number of fused-ring (bicyclic) bond motifs is 1. The molecule has 12 heteroatoms. The molecule has 0 saturated heterocycles. The van der Waals surface area contributed by atoms with E-state index in [2.05, 4.69) is 17.6 Å². The van der Waals surface area contributed by atoms with Crippen molar-refractivity contribution in [3.63, 3.8) is 0 Å². The molecule has 3 rings (SSSR count). The van der Waals surface area contributed by atoms with Crippen LogP contribution in [0.15, 0.2) is 64.4 Å². The summed E-state index contributed by atoms with van der Waals surface area (Å²) in [5.74, 6) is 0.706. The molecule has 0 fully saturated rings. The first kappa shape index (κ1) is 24.9. The van der Waals surface area contributed by atoms with Gasteiger partial charge >= 0.3 is 0 Å². The molecular formula is C21H22N2O7S3. The first-order valence-electron chi connectivity index (χ1n) is 9.81. The first-order valence-corrected chi connectivity index (χ1v) is 13.1. The Morgan fingerprint density at radius 3 is 2.12 bits per heavy atom. The Morgan fingerprint density at radius 1 is 0.879 bits per heavy atom. The highest BCUT2D eigenvalue weighted by molar-refractivity contribution is 7.86. The third-order valence-corrected chi connectivity index (χ3v) is 6.62. The maximum Gasteiger partial charge on any atom is 0.295 e. The van der Waals surface area contributed by atoms with Crippen molar-refractivity contribution in [2.24, 2.45) is 0 Å². The normalized spacial score (nSPS) is 11.8. The van der Waals surface area contributed by atoms with E-state index in [0.717, 1.165) is 25.0 Å². The fourth-order valence-corrected chi connectivity index (χ4v) is 4.76. The Hall–Kier alpha value is -2.77. The number of benzene rings is 3. The molecule has 4 N–H and O–H groups in total. The van der Waals surface area contributed by atoms with Crippen LogP contribution >= 0.6 is 12.2 Å². The van der Waals surface area contributed by atoms with Crippen molar-refractivity contribution < 1.29 is 30.7 Å². The largest absolute Gasteiger partial charge is 0.494 e. The lowest BCUT2D eigenvalue weighted by Gasteiger charge is -2.14. The van der Waals surface area contributed by atoms with Crippen LogP contribution in [0.4, 0.5) is 11.4 Å². The average Bonchev–Trinajstić information content (AvgIpc) is 2.72. The highest BCUT2D eigenvalue weighted by atomic mass is 32.2. The van der Waals surface area contributed by atoms with Gasteiger partial charge in [0.05, 0.1) is 6.61 Å². The summed E-state index contributed by atoms with van der Waals surface area (Å²) in [6.45, 7) is 2.69. The highest BCUT2D eigenvalue weighted by Crippen LogP contribution is 2.32. The predicted octanol–water partition coefficient (Wildman–Crippen LogP) is 4.32. The van der Waals surface area contributed by atoms with Crippen molar-refractivity contribution in [1.29, 1.82) is 0 Å². The monoisotopic (exact) mass is 510 g/mol. The van der Waals surface area contributed by atoms with Crippen molar-refractivity contribution in [2.75, 3.05) is 17.2 Å². The zero-order chi connectivity index (χ0) is 24.2. The van der Waals surface area contributed by atoms with Crippen LogP contribution in [0.2, 0.25) is 0 Å². The van der Waals surface area contributed by atoms with E-state index in [9.17, 15) is 25.9 Å². The number of hydrogen-bond donors (Lipinski definition) is 4. The molecule has 3 aromatic carbocycles. The topological polar surface area (TPSA) is 142 Å². The third kappa shape index (κ3) is 6.39. The van der Waals surface area contributed by atoms with Gasteiger partial charge in [-0.3, -0.25) is 9.11 Å². The maximum absolute atomic E-state index is 11.9. The number of unbranched alkanes of at least 4 members (excludes halogenated alkanes) is 1. The Kier molecular flexibility index (Phi) is 7.55. The molecular weight excluding hydrogens is 488 g/mol. The van der Waals surface area contributed by atoms with Crippen molar-refractivity contribution in [1.82, 2.24) is 0 Å². The number of rotatable bonds is 8. The van der Waals surface area contributed by atoms with Gasteiger partial charge in [0.15, 0.2) is 5.11 Å². The highest BCUT2D eigenvalue weighted by Gasteiger charge is 2.21. The lowest BCUT2D eigenvalue weighted by molar-refractivity contribution is 0.309. The fraction of sp³-hybridized carbons (Fsp3) is 0.190. The second kappa shape index (κ2) is 10.0. The van der Waals surface area contributed by atoms with E-state index >= 15 is 0 Å². The molecule has 9 nitrogen and oxygen atoms in total. The molecule has 0 amide bonds. The molecule has 0 saturated carbocycles. The second-order valence-electron chi connectivity index (χ2n) is 7.08. The number of ether oxygens (including phenoxy) is 1. The van der Waals surface area contributed by atoms with Gasteiger partial charge in [-0.15, -0.1) is 0 Å². The molecule has 33 heavy (non-hydrogen) atoms. The molecule has 0 heterocycles. The smallest absolute Gasteiger partial charge is 0.295 e. The SMILES string of the molecule is CCCCOc1ccc(NC(=S)Nc2cc(S(=O)(=O)O)c3cccc(S(=O)(=O)O)c3c2)cc1. The minimum absolute atomic E-state index is 0.0734. The fourth-order valence-electron chi connectivity index (χ4n) is 3.10. The van der Waals surface area contributed by atoms with Gasteiger partial charge in [0.2, 0.25) is 0 Å². The number of nitrogens with one attached hydrogen (secondary N) is 2. The zero-order valence-electron chi connectivity index (χ0n) is 17.5. The molecule has 0 radical (unpaired) electrons. The minimum atomic E-state index is -4.72. The van der Waals surface area contributed by atoms with Gasteiger partial charge in [-0.05, 0) is 61.1 Å². The molecule has 0 unspecified atom stereocenters. The van der Waals surface area contributed by atoms with Gasteiger partial charge in [0, 0.05) is 22.1 Å². The molecule has 0 bridgehead atoms. The lowest BCUT2D eigenvalue weighted by Crippen LogP contribution is -2.19. The van der Waals surface area contributed by atoms with Gasteiger partial charge < -0.3 is 15.4 Å². The predicted molar refractivity (Wildman–Crippen MR) is 130 cm³/mol. The van der Waals surface area contributed by atoms with E-state index in [1.54, 1.807) is 24.3 Å². The summed E-state index contributed by atoms with van der Waals surface area (Å²) in [5, 5.41) is 5.60. The Balaban J connectivity index is 1.88. The molecule has 0 spiro atoms. The van der Waals surface area contributed by atoms with E-state index in [0.29, 0.717) is 18.0 Å². The molecule has 0 aromatic heterocycles. The van der Waals surface area contributed by atoms with E-state index in [-0.39, 0.29) is 21.6 Å². The lowest BCUT2D eigenvalue weighted by atomic mass is 10.1. The van der Waals surface area contributed by atoms with Crippen molar-refractivity contribution in [2.45, 2.75) is 29.6 Å². The average molecular weight is 511 g/mol. The van der Waals surface area contributed by atoms with Gasteiger partial charge in [0.1, 0.15) is 15.5 Å². The quantitative estimate of drug-likeness (QED) is 0.197. The van der Waals surface area contributed by atoms with Crippen molar-refractivity contribution >= 4 is 59.7 Å². The Morgan fingerprint density at radius 2 is 1.52 bits per heavy atom. The van der Waals surface area contributed by atoms with Crippen LogP contribution in [0.5, 0.6) is 5.75 Å². The van der Waals surface area contributed by atoms with E-state index < -0.39 is 30.0 Å². The summed E-state index contributed by atoms with van der Waals surface area (Å²) < 4.78 is 72.2. The summed E-state index contributed by atoms with van der Waals surface area (Å²) in [5.41, 5.74) is 0.716. The van der Waals surface area contributed by atoms with Gasteiger partial charge in [-0.25, -0.2) is 0 Å². The summed E-state index contributed by atoms with van der Waals surface area (Å²) in [6, 6.07) is 13.2. The molecule has 0 aliphatic heterocycles. The minimum Gasteiger partial charge on any atom is -0.494 e. The van der Waals surface area contributed by atoms with E-state index in [1.807, 2.05) is 0 Å².